The van der Waals surface area contributed by atoms with E-state index in [0.29, 0.717) is 30.2 Å². The molecule has 0 aliphatic carbocycles. The standard InChI is InChI=1S/C22H22N4O2/c1-27-20-7-6-17(9-21(20)28-2)19-14-25-13-18(11-24)22(19)26-12-16-5-3-4-15(8-16)10-23/h3-9,13-14H,10,12,23H2,1-2H3,(H,25,26). The van der Waals surface area contributed by atoms with Crippen LogP contribution in [0.5, 0.6) is 11.5 Å². The van der Waals surface area contributed by atoms with E-state index in [9.17, 15) is 5.26 Å². The summed E-state index contributed by atoms with van der Waals surface area (Å²) in [5.74, 6) is 1.26. The molecule has 28 heavy (non-hydrogen) atoms. The molecule has 0 aliphatic heterocycles. The lowest BCUT2D eigenvalue weighted by atomic mass is 10.0. The number of nitrogens with zero attached hydrogens (tertiary/aromatic N) is 2. The van der Waals surface area contributed by atoms with E-state index in [1.807, 2.05) is 36.4 Å². The van der Waals surface area contributed by atoms with Gasteiger partial charge >= 0.3 is 0 Å². The van der Waals surface area contributed by atoms with Crippen molar-refractivity contribution in [2.75, 3.05) is 19.5 Å². The predicted octanol–water partition coefficient (Wildman–Crippen LogP) is 3.71. The molecule has 0 amide bonds. The Balaban J connectivity index is 1.98. The van der Waals surface area contributed by atoms with E-state index < -0.39 is 0 Å². The molecule has 0 aliphatic rings. The van der Waals surface area contributed by atoms with Crippen molar-refractivity contribution in [1.82, 2.24) is 4.98 Å². The van der Waals surface area contributed by atoms with Crippen molar-refractivity contribution in [3.63, 3.8) is 0 Å². The normalized spacial score (nSPS) is 10.2. The van der Waals surface area contributed by atoms with Crippen LogP contribution in [0.15, 0.2) is 54.9 Å². The van der Waals surface area contributed by atoms with Gasteiger partial charge in [0.05, 0.1) is 25.5 Å². The Morgan fingerprint density at radius 3 is 2.54 bits per heavy atom. The van der Waals surface area contributed by atoms with Crippen LogP contribution in [0.4, 0.5) is 5.69 Å². The van der Waals surface area contributed by atoms with Crippen LogP contribution in [0.3, 0.4) is 0 Å². The van der Waals surface area contributed by atoms with Gasteiger partial charge < -0.3 is 20.5 Å². The van der Waals surface area contributed by atoms with E-state index in [4.69, 9.17) is 15.2 Å². The van der Waals surface area contributed by atoms with Crippen LogP contribution >= 0.6 is 0 Å². The SMILES string of the molecule is COc1ccc(-c2cncc(C#N)c2NCc2cccc(CN)c2)cc1OC. The van der Waals surface area contributed by atoms with Crippen LogP contribution in [0.1, 0.15) is 16.7 Å². The molecule has 3 N–H and O–H groups in total. The molecular weight excluding hydrogens is 352 g/mol. The quantitative estimate of drug-likeness (QED) is 0.655. The molecule has 0 unspecified atom stereocenters. The van der Waals surface area contributed by atoms with Crippen LogP contribution in [0.25, 0.3) is 11.1 Å². The molecule has 0 saturated carbocycles. The van der Waals surface area contributed by atoms with Crippen LogP contribution in [-0.4, -0.2) is 19.2 Å². The van der Waals surface area contributed by atoms with Crippen LogP contribution in [-0.2, 0) is 13.1 Å². The first kappa shape index (κ1) is 19.2. The van der Waals surface area contributed by atoms with Gasteiger partial charge in [-0.15, -0.1) is 0 Å². The first-order valence-corrected chi connectivity index (χ1v) is 8.82. The molecule has 1 heterocycles. The fraction of sp³-hybridized carbons (Fsp3) is 0.182. The molecule has 0 bridgehead atoms. The highest BCUT2D eigenvalue weighted by atomic mass is 16.5. The van der Waals surface area contributed by atoms with Gasteiger partial charge in [0, 0.05) is 31.0 Å². The number of nitrogens with two attached hydrogens (primary N) is 1. The number of benzene rings is 2. The molecule has 1 aromatic heterocycles. The van der Waals surface area contributed by atoms with Crippen LogP contribution in [0, 0.1) is 11.3 Å². The maximum Gasteiger partial charge on any atom is 0.161 e. The largest absolute Gasteiger partial charge is 0.493 e. The fourth-order valence-electron chi connectivity index (χ4n) is 3.02. The minimum atomic E-state index is 0.474. The summed E-state index contributed by atoms with van der Waals surface area (Å²) < 4.78 is 10.7. The van der Waals surface area contributed by atoms with E-state index in [2.05, 4.69) is 22.4 Å². The monoisotopic (exact) mass is 374 g/mol. The molecule has 142 valence electrons. The van der Waals surface area contributed by atoms with Crippen LogP contribution < -0.4 is 20.5 Å². The van der Waals surface area contributed by atoms with Gasteiger partial charge in [-0.1, -0.05) is 30.3 Å². The zero-order valence-electron chi connectivity index (χ0n) is 15.9. The number of nitrogens with one attached hydrogen (secondary N) is 1. The smallest absolute Gasteiger partial charge is 0.161 e. The first-order chi connectivity index (χ1) is 13.7. The third-order valence-corrected chi connectivity index (χ3v) is 4.46. The lowest BCUT2D eigenvalue weighted by Crippen LogP contribution is -2.05. The van der Waals surface area contributed by atoms with E-state index in [-0.39, 0.29) is 0 Å². The third-order valence-electron chi connectivity index (χ3n) is 4.46. The molecule has 2 aromatic carbocycles. The average molecular weight is 374 g/mol. The van der Waals surface area contributed by atoms with Gasteiger partial charge in [-0.05, 0) is 28.8 Å². The Kier molecular flexibility index (Phi) is 6.10. The molecule has 0 radical (unpaired) electrons. The van der Waals surface area contributed by atoms with Gasteiger partial charge in [0.2, 0.25) is 0 Å². The molecule has 6 heteroatoms. The van der Waals surface area contributed by atoms with E-state index in [0.717, 1.165) is 27.9 Å². The number of hydrogen-bond donors (Lipinski definition) is 2. The second kappa shape index (κ2) is 8.89. The predicted molar refractivity (Wildman–Crippen MR) is 109 cm³/mol. The van der Waals surface area contributed by atoms with Gasteiger partial charge in [-0.3, -0.25) is 4.98 Å². The summed E-state index contributed by atoms with van der Waals surface area (Å²) in [7, 11) is 3.19. The van der Waals surface area contributed by atoms with Crippen LogP contribution in [0.2, 0.25) is 0 Å². The summed E-state index contributed by atoms with van der Waals surface area (Å²) in [6.07, 6.45) is 3.30. The summed E-state index contributed by atoms with van der Waals surface area (Å²) in [6, 6.07) is 15.9. The Morgan fingerprint density at radius 1 is 1.04 bits per heavy atom. The number of aromatic nitrogens is 1. The molecule has 0 saturated heterocycles. The molecule has 0 atom stereocenters. The summed E-state index contributed by atoms with van der Waals surface area (Å²) in [6.45, 7) is 1.05. The Morgan fingerprint density at radius 2 is 1.82 bits per heavy atom. The summed E-state index contributed by atoms with van der Waals surface area (Å²) >= 11 is 0. The zero-order valence-corrected chi connectivity index (χ0v) is 15.9. The van der Waals surface area contributed by atoms with Gasteiger partial charge in [0.1, 0.15) is 6.07 Å². The van der Waals surface area contributed by atoms with Gasteiger partial charge in [0.15, 0.2) is 11.5 Å². The number of anilines is 1. The average Bonchev–Trinajstić information content (AvgIpc) is 2.76. The molecule has 6 nitrogen and oxygen atoms in total. The summed E-state index contributed by atoms with van der Waals surface area (Å²) in [5.41, 5.74) is 10.8. The van der Waals surface area contributed by atoms with Crippen molar-refractivity contribution < 1.29 is 9.47 Å². The highest BCUT2D eigenvalue weighted by Gasteiger charge is 2.13. The Hall–Kier alpha value is -3.56. The maximum absolute atomic E-state index is 9.56. The van der Waals surface area contributed by atoms with Crippen molar-refractivity contribution >= 4 is 5.69 Å². The Bertz CT molecular complexity index is 1010. The second-order valence-corrected chi connectivity index (χ2v) is 6.17. The van der Waals surface area contributed by atoms with Gasteiger partial charge in [-0.25, -0.2) is 0 Å². The summed E-state index contributed by atoms with van der Waals surface area (Å²) in [4.78, 5) is 4.22. The maximum atomic E-state index is 9.56. The number of nitriles is 1. The lowest BCUT2D eigenvalue weighted by molar-refractivity contribution is 0.355. The van der Waals surface area contributed by atoms with Crippen molar-refractivity contribution in [2.45, 2.75) is 13.1 Å². The van der Waals surface area contributed by atoms with Crippen molar-refractivity contribution in [1.29, 1.82) is 5.26 Å². The first-order valence-electron chi connectivity index (χ1n) is 8.82. The highest BCUT2D eigenvalue weighted by Crippen LogP contribution is 2.36. The molecular formula is C22H22N4O2. The minimum Gasteiger partial charge on any atom is -0.493 e. The van der Waals surface area contributed by atoms with E-state index in [1.165, 1.54) is 0 Å². The number of pyridine rings is 1. The number of rotatable bonds is 7. The topological polar surface area (TPSA) is 93.2 Å². The number of hydrogen-bond acceptors (Lipinski definition) is 6. The molecule has 0 fully saturated rings. The van der Waals surface area contributed by atoms with E-state index in [1.54, 1.807) is 26.6 Å². The second-order valence-electron chi connectivity index (χ2n) is 6.17. The molecule has 3 aromatic rings. The summed E-state index contributed by atoms with van der Waals surface area (Å²) in [5, 5.41) is 13.0. The number of methoxy groups -OCH3 is 2. The van der Waals surface area contributed by atoms with Gasteiger partial charge in [0.25, 0.3) is 0 Å². The van der Waals surface area contributed by atoms with Gasteiger partial charge in [-0.2, -0.15) is 5.26 Å². The van der Waals surface area contributed by atoms with E-state index >= 15 is 0 Å². The molecule has 3 rings (SSSR count). The number of ether oxygens (including phenoxy) is 2. The zero-order chi connectivity index (χ0) is 19.9. The fourth-order valence-corrected chi connectivity index (χ4v) is 3.02. The third kappa shape index (κ3) is 4.05. The lowest BCUT2D eigenvalue weighted by Gasteiger charge is -2.15. The van der Waals surface area contributed by atoms with Crippen molar-refractivity contribution in [3.8, 4) is 28.7 Å². The minimum absolute atomic E-state index is 0.474. The Labute approximate surface area is 164 Å². The highest BCUT2D eigenvalue weighted by molar-refractivity contribution is 5.82. The van der Waals surface area contributed by atoms with Crippen molar-refractivity contribution in [2.24, 2.45) is 5.73 Å². The van der Waals surface area contributed by atoms with Crippen molar-refractivity contribution in [3.05, 3.63) is 71.5 Å². The molecule has 0 spiro atoms.